The van der Waals surface area contributed by atoms with Crippen LogP contribution < -0.4 is 0 Å². The normalized spacial score (nSPS) is 11.1. The summed E-state index contributed by atoms with van der Waals surface area (Å²) in [6, 6.07) is 82.1. The maximum absolute atomic E-state index is 5.19. The smallest absolute Gasteiger partial charge is 0.160 e. The van der Waals surface area contributed by atoms with Gasteiger partial charge in [-0.3, -0.25) is 0 Å². The molecule has 0 atom stereocenters. The van der Waals surface area contributed by atoms with E-state index in [-0.39, 0.29) is 0 Å². The Kier molecular flexibility index (Phi) is 9.27. The van der Waals surface area contributed by atoms with Gasteiger partial charge in [0.15, 0.2) is 5.82 Å². The van der Waals surface area contributed by atoms with Gasteiger partial charge in [0, 0.05) is 16.7 Å². The summed E-state index contributed by atoms with van der Waals surface area (Å²) in [5.74, 6) is 0.701. The van der Waals surface area contributed by atoms with E-state index in [2.05, 4.69) is 206 Å². The molecule has 1 aromatic heterocycles. The molecule has 0 bridgehead atoms. The highest BCUT2D eigenvalue weighted by Gasteiger charge is 2.19. The van der Waals surface area contributed by atoms with E-state index in [0.717, 1.165) is 55.9 Å². The summed E-state index contributed by atoms with van der Waals surface area (Å²) in [6.07, 6.45) is 0. The Hall–Kier alpha value is -7.68. The van der Waals surface area contributed by atoms with Crippen molar-refractivity contribution >= 4 is 10.8 Å². The highest BCUT2D eigenvalue weighted by molar-refractivity contribution is 6.01. The summed E-state index contributed by atoms with van der Waals surface area (Å²) >= 11 is 0. The Morgan fingerprint density at radius 2 is 0.672 bits per heavy atom. The summed E-state index contributed by atoms with van der Waals surface area (Å²) in [4.78, 5) is 10.3. The Labute approximate surface area is 339 Å². The highest BCUT2D eigenvalue weighted by atomic mass is 14.9. The number of nitrogens with zero attached hydrogens (tertiary/aromatic N) is 2. The maximum Gasteiger partial charge on any atom is 0.160 e. The molecule has 2 nitrogen and oxygen atoms in total. The van der Waals surface area contributed by atoms with Gasteiger partial charge in [0.05, 0.1) is 11.4 Å². The zero-order valence-corrected chi connectivity index (χ0v) is 31.8. The third-order valence-corrected chi connectivity index (χ3v) is 10.9. The van der Waals surface area contributed by atoms with Crippen molar-refractivity contribution in [3.05, 3.63) is 231 Å². The molecule has 0 aliphatic carbocycles. The Balaban J connectivity index is 1.20. The molecular formula is C56H38N2. The predicted molar refractivity (Wildman–Crippen MR) is 243 cm³/mol. The average Bonchev–Trinajstić information content (AvgIpc) is 3.32. The summed E-state index contributed by atoms with van der Waals surface area (Å²) < 4.78 is 0. The fourth-order valence-corrected chi connectivity index (χ4v) is 8.06. The molecule has 58 heavy (non-hydrogen) atoms. The Morgan fingerprint density at radius 3 is 1.31 bits per heavy atom. The summed E-state index contributed by atoms with van der Waals surface area (Å²) in [6.45, 7) is 0. The minimum atomic E-state index is 0.701. The Morgan fingerprint density at radius 1 is 0.241 bits per heavy atom. The molecular weight excluding hydrogens is 701 g/mol. The second-order valence-electron chi connectivity index (χ2n) is 14.6. The van der Waals surface area contributed by atoms with Gasteiger partial charge in [0.1, 0.15) is 0 Å². The van der Waals surface area contributed by atoms with Gasteiger partial charge in [0.2, 0.25) is 0 Å². The predicted octanol–water partition coefficient (Wildman–Crippen LogP) is 15.0. The quantitative estimate of drug-likeness (QED) is 0.155. The summed E-state index contributed by atoms with van der Waals surface area (Å²) in [5.41, 5.74) is 16.5. The van der Waals surface area contributed by atoms with Gasteiger partial charge < -0.3 is 0 Å². The van der Waals surface area contributed by atoms with Crippen LogP contribution in [0.4, 0.5) is 0 Å². The number of benzene rings is 9. The van der Waals surface area contributed by atoms with E-state index in [1.807, 2.05) is 24.3 Å². The van der Waals surface area contributed by atoms with E-state index in [4.69, 9.17) is 9.97 Å². The van der Waals surface area contributed by atoms with Crippen LogP contribution in [-0.2, 0) is 0 Å². The first-order chi connectivity index (χ1) is 28.7. The van der Waals surface area contributed by atoms with Gasteiger partial charge in [0.25, 0.3) is 0 Å². The van der Waals surface area contributed by atoms with Crippen LogP contribution in [0.5, 0.6) is 0 Å². The molecule has 0 fully saturated rings. The lowest BCUT2D eigenvalue weighted by Crippen LogP contribution is -1.96. The molecule has 2 heteroatoms. The van der Waals surface area contributed by atoms with E-state index in [0.29, 0.717) is 5.82 Å². The fourth-order valence-electron chi connectivity index (χ4n) is 8.06. The molecule has 0 unspecified atom stereocenters. The minimum Gasteiger partial charge on any atom is -0.228 e. The molecule has 0 saturated carbocycles. The lowest BCUT2D eigenvalue weighted by molar-refractivity contribution is 1.18. The number of fused-ring (bicyclic) bond motifs is 1. The van der Waals surface area contributed by atoms with Gasteiger partial charge in [-0.2, -0.15) is 0 Å². The average molecular weight is 739 g/mol. The molecule has 272 valence electrons. The molecule has 0 saturated heterocycles. The molecule has 0 aliphatic rings. The molecule has 0 radical (unpaired) electrons. The van der Waals surface area contributed by atoms with Crippen LogP contribution in [0.3, 0.4) is 0 Å². The zero-order chi connectivity index (χ0) is 38.7. The highest BCUT2D eigenvalue weighted by Crippen LogP contribution is 2.45. The van der Waals surface area contributed by atoms with Gasteiger partial charge in [-0.1, -0.05) is 200 Å². The molecule has 1 heterocycles. The third kappa shape index (κ3) is 6.89. The van der Waals surface area contributed by atoms with E-state index in [1.165, 1.54) is 38.6 Å². The molecule has 0 aliphatic heterocycles. The van der Waals surface area contributed by atoms with E-state index >= 15 is 0 Å². The number of hydrogen-bond donors (Lipinski definition) is 0. The van der Waals surface area contributed by atoms with Crippen molar-refractivity contribution < 1.29 is 0 Å². The van der Waals surface area contributed by atoms with Crippen LogP contribution in [0.15, 0.2) is 231 Å². The van der Waals surface area contributed by atoms with Crippen molar-refractivity contribution in [2.24, 2.45) is 0 Å². The van der Waals surface area contributed by atoms with Gasteiger partial charge >= 0.3 is 0 Å². The first-order valence-corrected chi connectivity index (χ1v) is 19.7. The Bertz CT molecular complexity index is 2970. The van der Waals surface area contributed by atoms with Crippen molar-refractivity contribution in [1.82, 2.24) is 9.97 Å². The van der Waals surface area contributed by atoms with E-state index in [9.17, 15) is 0 Å². The van der Waals surface area contributed by atoms with Crippen molar-refractivity contribution in [2.45, 2.75) is 0 Å². The summed E-state index contributed by atoms with van der Waals surface area (Å²) in [7, 11) is 0. The standard InChI is InChI=1S/C56H38N2/c1-5-18-39(19-6-1)48-36-51(45-29-15-28-44(34-45)50-33-17-27-40-20-13-14-32-49(40)50)55(42-23-9-3-10-24-42)52(37-48)46-30-16-31-47(35-46)54-38-53(41-21-7-2-8-22-41)57-56(58-54)43-25-11-4-12-26-43/h1-38H. The van der Waals surface area contributed by atoms with Crippen LogP contribution in [-0.4, -0.2) is 9.97 Å². The van der Waals surface area contributed by atoms with Crippen LogP contribution in [0, 0.1) is 0 Å². The van der Waals surface area contributed by atoms with Crippen LogP contribution >= 0.6 is 0 Å². The van der Waals surface area contributed by atoms with Crippen molar-refractivity contribution in [2.75, 3.05) is 0 Å². The first-order valence-electron chi connectivity index (χ1n) is 19.7. The molecule has 10 aromatic rings. The zero-order valence-electron chi connectivity index (χ0n) is 31.8. The van der Waals surface area contributed by atoms with Crippen LogP contribution in [0.2, 0.25) is 0 Å². The first kappa shape index (κ1) is 34.8. The third-order valence-electron chi connectivity index (χ3n) is 10.9. The molecule has 0 spiro atoms. The molecule has 0 N–H and O–H groups in total. The van der Waals surface area contributed by atoms with Gasteiger partial charge in [-0.25, -0.2) is 9.97 Å². The second-order valence-corrected chi connectivity index (χ2v) is 14.6. The van der Waals surface area contributed by atoms with Crippen molar-refractivity contribution in [1.29, 1.82) is 0 Å². The number of rotatable bonds is 8. The van der Waals surface area contributed by atoms with Gasteiger partial charge in [-0.05, 0) is 96.7 Å². The lowest BCUT2D eigenvalue weighted by atomic mass is 9.83. The second kappa shape index (κ2) is 15.5. The molecule has 9 aromatic carbocycles. The number of hydrogen-bond acceptors (Lipinski definition) is 2. The topological polar surface area (TPSA) is 25.8 Å². The van der Waals surface area contributed by atoms with E-state index in [1.54, 1.807) is 0 Å². The van der Waals surface area contributed by atoms with Crippen molar-refractivity contribution in [3.8, 4) is 89.5 Å². The monoisotopic (exact) mass is 738 g/mol. The maximum atomic E-state index is 5.19. The van der Waals surface area contributed by atoms with E-state index < -0.39 is 0 Å². The lowest BCUT2D eigenvalue weighted by Gasteiger charge is -2.20. The fraction of sp³-hybridized carbons (Fsp3) is 0. The summed E-state index contributed by atoms with van der Waals surface area (Å²) in [5, 5.41) is 2.48. The minimum absolute atomic E-state index is 0.701. The molecule has 0 amide bonds. The van der Waals surface area contributed by atoms with Crippen LogP contribution in [0.25, 0.3) is 100 Å². The van der Waals surface area contributed by atoms with Crippen LogP contribution in [0.1, 0.15) is 0 Å². The molecule has 10 rings (SSSR count). The number of aromatic nitrogens is 2. The largest absolute Gasteiger partial charge is 0.228 e. The van der Waals surface area contributed by atoms with Gasteiger partial charge in [-0.15, -0.1) is 0 Å². The SMILES string of the molecule is c1ccc(-c2cc(-c3cccc(-c4cc(-c5ccccc5)nc(-c5ccccc5)n4)c3)c(-c3ccccc3)c(-c3cccc(-c4cccc5ccccc45)c3)c2)cc1. The van der Waals surface area contributed by atoms with Crippen molar-refractivity contribution in [3.63, 3.8) is 0 Å².